The van der Waals surface area contributed by atoms with Crippen molar-refractivity contribution in [3.8, 4) is 0 Å². The van der Waals surface area contributed by atoms with Gasteiger partial charge in [0.1, 0.15) is 0 Å². The van der Waals surface area contributed by atoms with Gasteiger partial charge in [-0.05, 0) is 97.7 Å². The molecule has 8 atom stereocenters. The molecule has 3 saturated carbocycles. The topological polar surface area (TPSA) is 20.2 Å². The van der Waals surface area contributed by atoms with Gasteiger partial charge in [0, 0.05) is 0 Å². The van der Waals surface area contributed by atoms with E-state index >= 15 is 0 Å². The molecule has 0 aromatic rings. The summed E-state index contributed by atoms with van der Waals surface area (Å²) in [5.74, 6) is 4.45. The van der Waals surface area contributed by atoms with E-state index in [2.05, 4.69) is 65.8 Å². The van der Waals surface area contributed by atoms with E-state index in [1.165, 1.54) is 44.1 Å². The van der Waals surface area contributed by atoms with Crippen LogP contribution in [0.1, 0.15) is 92.9 Å². The quantitative estimate of drug-likeness (QED) is 0.460. The van der Waals surface area contributed by atoms with Gasteiger partial charge in [-0.15, -0.1) is 0 Å². The van der Waals surface area contributed by atoms with Crippen LogP contribution in [0.4, 0.5) is 0 Å². The van der Waals surface area contributed by atoms with Gasteiger partial charge in [0.25, 0.3) is 0 Å². The molecular weight excluding hydrogens is 364 g/mol. The number of aliphatic hydroxyl groups excluding tert-OH is 1. The highest BCUT2D eigenvalue weighted by molar-refractivity contribution is 5.39. The van der Waals surface area contributed by atoms with E-state index in [4.69, 9.17) is 0 Å². The highest BCUT2D eigenvalue weighted by atomic mass is 16.3. The zero-order valence-electron chi connectivity index (χ0n) is 20.5. The zero-order valence-corrected chi connectivity index (χ0v) is 20.5. The second kappa shape index (κ2) is 8.27. The van der Waals surface area contributed by atoms with E-state index in [1.807, 2.05) is 0 Å². The molecule has 0 aromatic carbocycles. The molecule has 0 saturated heterocycles. The Labute approximate surface area is 186 Å². The molecule has 1 heteroatoms. The Kier molecular flexibility index (Phi) is 6.17. The molecule has 0 unspecified atom stereocenters. The number of hydrogen-bond donors (Lipinski definition) is 1. The number of aliphatic hydroxyl groups is 1. The van der Waals surface area contributed by atoms with Crippen LogP contribution in [0, 0.1) is 46.3 Å². The molecule has 0 spiro atoms. The van der Waals surface area contributed by atoms with Crippen molar-refractivity contribution in [3.63, 3.8) is 0 Å². The lowest BCUT2D eigenvalue weighted by Gasteiger charge is -2.55. The molecule has 0 bridgehead atoms. The van der Waals surface area contributed by atoms with Crippen LogP contribution in [0.2, 0.25) is 0 Å². The highest BCUT2D eigenvalue weighted by Crippen LogP contribution is 2.66. The van der Waals surface area contributed by atoms with Crippen molar-refractivity contribution in [2.24, 2.45) is 46.3 Å². The fourth-order valence-corrected chi connectivity index (χ4v) is 8.17. The summed E-state index contributed by atoms with van der Waals surface area (Å²) in [7, 11) is 0. The van der Waals surface area contributed by atoms with E-state index in [0.29, 0.717) is 16.7 Å². The SMILES string of the molecule is CC[C@H](/C=C/[C@H](C)[C@H]1CC[C@@H]2C3=CC=C4C[C@@H](O)CC[C@]4(C)[C@@H]3CC[C@@]21C)C(C)C. The third-order valence-corrected chi connectivity index (χ3v) is 10.2. The van der Waals surface area contributed by atoms with E-state index in [0.717, 1.165) is 42.4 Å². The molecule has 4 aliphatic carbocycles. The summed E-state index contributed by atoms with van der Waals surface area (Å²) in [6.07, 6.45) is 19.7. The number of hydrogen-bond acceptors (Lipinski definition) is 1. The molecule has 0 heterocycles. The first-order valence-electron chi connectivity index (χ1n) is 13.0. The fraction of sp³-hybridized carbons (Fsp3) is 0.793. The number of fused-ring (bicyclic) bond motifs is 5. The Bertz CT molecular complexity index is 727. The predicted octanol–water partition coefficient (Wildman–Crippen LogP) is 7.72. The minimum absolute atomic E-state index is 0.116. The maximum absolute atomic E-state index is 10.2. The minimum atomic E-state index is -0.116. The second-order valence-corrected chi connectivity index (χ2v) is 12.1. The molecule has 3 fully saturated rings. The van der Waals surface area contributed by atoms with Crippen LogP contribution in [0.15, 0.2) is 35.5 Å². The van der Waals surface area contributed by atoms with Crippen LogP contribution in [0.3, 0.4) is 0 Å². The molecule has 4 rings (SSSR count). The maximum Gasteiger partial charge on any atom is 0.0578 e. The molecule has 0 aliphatic heterocycles. The maximum atomic E-state index is 10.2. The van der Waals surface area contributed by atoms with Crippen molar-refractivity contribution in [1.29, 1.82) is 0 Å². The first kappa shape index (κ1) is 22.4. The molecule has 168 valence electrons. The van der Waals surface area contributed by atoms with Crippen molar-refractivity contribution < 1.29 is 5.11 Å². The van der Waals surface area contributed by atoms with Crippen LogP contribution in [0.25, 0.3) is 0 Å². The van der Waals surface area contributed by atoms with Crippen LogP contribution >= 0.6 is 0 Å². The molecule has 0 radical (unpaired) electrons. The zero-order chi connectivity index (χ0) is 21.7. The van der Waals surface area contributed by atoms with Gasteiger partial charge in [-0.3, -0.25) is 0 Å². The van der Waals surface area contributed by atoms with Gasteiger partial charge in [0.15, 0.2) is 0 Å². The average molecular weight is 411 g/mol. The van der Waals surface area contributed by atoms with Gasteiger partial charge in [0.2, 0.25) is 0 Å². The normalized spacial score (nSPS) is 42.9. The van der Waals surface area contributed by atoms with Gasteiger partial charge < -0.3 is 5.11 Å². The van der Waals surface area contributed by atoms with Gasteiger partial charge in [-0.25, -0.2) is 0 Å². The monoisotopic (exact) mass is 410 g/mol. The summed E-state index contributed by atoms with van der Waals surface area (Å²) in [6.45, 7) is 14.7. The second-order valence-electron chi connectivity index (χ2n) is 12.1. The Morgan fingerprint density at radius 1 is 1.00 bits per heavy atom. The molecule has 0 amide bonds. The van der Waals surface area contributed by atoms with Crippen molar-refractivity contribution in [2.75, 3.05) is 0 Å². The van der Waals surface area contributed by atoms with E-state index in [-0.39, 0.29) is 6.10 Å². The highest BCUT2D eigenvalue weighted by Gasteiger charge is 2.56. The average Bonchev–Trinajstić information content (AvgIpc) is 3.06. The Morgan fingerprint density at radius 3 is 2.47 bits per heavy atom. The fourth-order valence-electron chi connectivity index (χ4n) is 8.17. The van der Waals surface area contributed by atoms with Crippen molar-refractivity contribution in [3.05, 3.63) is 35.5 Å². The lowest BCUT2D eigenvalue weighted by atomic mass is 9.50. The van der Waals surface area contributed by atoms with Crippen molar-refractivity contribution >= 4 is 0 Å². The lowest BCUT2D eigenvalue weighted by molar-refractivity contribution is 0.0382. The molecule has 0 aromatic heterocycles. The van der Waals surface area contributed by atoms with Gasteiger partial charge in [-0.2, -0.15) is 0 Å². The predicted molar refractivity (Wildman–Crippen MR) is 128 cm³/mol. The molecule has 4 aliphatic rings. The molecule has 1 nitrogen and oxygen atoms in total. The Balaban J connectivity index is 1.56. The van der Waals surface area contributed by atoms with E-state index in [1.54, 1.807) is 5.57 Å². The molecular formula is C29H46O. The van der Waals surface area contributed by atoms with Crippen molar-refractivity contribution in [2.45, 2.75) is 99.0 Å². The number of rotatable bonds is 5. The smallest absolute Gasteiger partial charge is 0.0578 e. The summed E-state index contributed by atoms with van der Waals surface area (Å²) in [6, 6.07) is 0. The van der Waals surface area contributed by atoms with Gasteiger partial charge in [-0.1, -0.05) is 77.0 Å². The number of allylic oxidation sites excluding steroid dienone is 5. The van der Waals surface area contributed by atoms with Gasteiger partial charge >= 0.3 is 0 Å². The third-order valence-electron chi connectivity index (χ3n) is 10.2. The third kappa shape index (κ3) is 3.58. The Hall–Kier alpha value is -0.820. The molecule has 30 heavy (non-hydrogen) atoms. The standard InChI is InChI=1S/C29H46O/c1-7-21(19(2)3)9-8-20(4)25-12-13-26-24-11-10-22-18-23(30)14-16-28(22,5)27(24)15-17-29(25,26)6/h8-11,19-21,23,25-27,30H,7,12-18H2,1-6H3/b9-8+/t20-,21+,23-,25+,26+,27+,28-,29+/m0/s1. The summed E-state index contributed by atoms with van der Waals surface area (Å²) in [5, 5.41) is 10.2. The van der Waals surface area contributed by atoms with Crippen LogP contribution in [-0.2, 0) is 0 Å². The first-order chi connectivity index (χ1) is 14.2. The minimum Gasteiger partial charge on any atom is -0.393 e. The molecule has 1 N–H and O–H groups in total. The summed E-state index contributed by atoms with van der Waals surface area (Å²) < 4.78 is 0. The van der Waals surface area contributed by atoms with E-state index in [9.17, 15) is 5.11 Å². The summed E-state index contributed by atoms with van der Waals surface area (Å²) in [5.41, 5.74) is 4.07. The lowest BCUT2D eigenvalue weighted by Crippen LogP contribution is -2.46. The largest absolute Gasteiger partial charge is 0.393 e. The summed E-state index contributed by atoms with van der Waals surface area (Å²) in [4.78, 5) is 0. The van der Waals surface area contributed by atoms with Crippen molar-refractivity contribution in [1.82, 2.24) is 0 Å². The van der Waals surface area contributed by atoms with Crippen LogP contribution in [-0.4, -0.2) is 11.2 Å². The van der Waals surface area contributed by atoms with Crippen LogP contribution < -0.4 is 0 Å². The van der Waals surface area contributed by atoms with E-state index < -0.39 is 0 Å². The first-order valence-corrected chi connectivity index (χ1v) is 13.0. The van der Waals surface area contributed by atoms with Crippen LogP contribution in [0.5, 0.6) is 0 Å². The van der Waals surface area contributed by atoms with Gasteiger partial charge in [0.05, 0.1) is 6.10 Å². The summed E-state index contributed by atoms with van der Waals surface area (Å²) >= 11 is 0. The Morgan fingerprint density at radius 2 is 1.77 bits per heavy atom.